The first-order valence-electron chi connectivity index (χ1n) is 9.19. The Labute approximate surface area is 159 Å². The summed E-state index contributed by atoms with van der Waals surface area (Å²) in [6.45, 7) is 4.03. The predicted octanol–water partition coefficient (Wildman–Crippen LogP) is 4.58. The lowest BCUT2D eigenvalue weighted by Crippen LogP contribution is -2.42. The summed E-state index contributed by atoms with van der Waals surface area (Å²) in [7, 11) is 2.20. The molecule has 4 rings (SSSR count). The van der Waals surface area contributed by atoms with E-state index in [1.54, 1.807) is 0 Å². The first-order valence-corrected chi connectivity index (χ1v) is 9.57. The van der Waals surface area contributed by atoms with Crippen molar-refractivity contribution in [3.05, 3.63) is 64.8 Å². The molecule has 0 saturated carbocycles. The van der Waals surface area contributed by atoms with E-state index in [2.05, 4.69) is 40.2 Å². The van der Waals surface area contributed by atoms with E-state index in [9.17, 15) is 0 Å². The Morgan fingerprint density at radius 1 is 1.15 bits per heavy atom. The molecule has 0 N–H and O–H groups in total. The second-order valence-electron chi connectivity index (χ2n) is 7.18. The van der Waals surface area contributed by atoms with E-state index in [0.717, 1.165) is 47.9 Å². The molecule has 26 heavy (non-hydrogen) atoms. The third kappa shape index (κ3) is 3.93. The molecule has 2 heterocycles. The number of aromatic nitrogens is 1. The maximum Gasteiger partial charge on any atom is 0.167 e. The summed E-state index contributed by atoms with van der Waals surface area (Å²) in [5.74, 6) is 0. The van der Waals surface area contributed by atoms with Crippen LogP contribution >= 0.6 is 11.6 Å². The molecule has 0 radical (unpaired) electrons. The highest BCUT2D eigenvalue weighted by Gasteiger charge is 2.23. The zero-order valence-corrected chi connectivity index (χ0v) is 15.8. The van der Waals surface area contributed by atoms with Crippen molar-refractivity contribution in [2.75, 3.05) is 20.1 Å². The van der Waals surface area contributed by atoms with Crippen LogP contribution in [-0.4, -0.2) is 41.1 Å². The zero-order chi connectivity index (χ0) is 17.9. The van der Waals surface area contributed by atoms with Crippen molar-refractivity contribution < 1.29 is 4.52 Å². The SMILES string of the molecule is CN(Cc1noc2ccccc12)C1CCN(Cc2cccc(Cl)c2)CC1. The molecule has 1 fully saturated rings. The maximum absolute atomic E-state index is 6.10. The molecule has 0 atom stereocenters. The highest BCUT2D eigenvalue weighted by molar-refractivity contribution is 6.30. The van der Waals surface area contributed by atoms with Gasteiger partial charge < -0.3 is 4.52 Å². The van der Waals surface area contributed by atoms with E-state index in [1.807, 2.05) is 30.3 Å². The lowest BCUT2D eigenvalue weighted by molar-refractivity contribution is 0.118. The van der Waals surface area contributed by atoms with Crippen molar-refractivity contribution in [3.63, 3.8) is 0 Å². The van der Waals surface area contributed by atoms with Gasteiger partial charge in [0, 0.05) is 29.5 Å². The molecular formula is C21H24ClN3O. The number of hydrogen-bond acceptors (Lipinski definition) is 4. The van der Waals surface area contributed by atoms with Gasteiger partial charge in [-0.2, -0.15) is 0 Å². The van der Waals surface area contributed by atoms with E-state index >= 15 is 0 Å². The number of rotatable bonds is 5. The summed E-state index contributed by atoms with van der Waals surface area (Å²) in [6.07, 6.45) is 2.35. The quantitative estimate of drug-likeness (QED) is 0.659. The molecule has 1 aromatic heterocycles. The fraction of sp³-hybridized carbons (Fsp3) is 0.381. The van der Waals surface area contributed by atoms with Crippen molar-refractivity contribution in [2.24, 2.45) is 0 Å². The molecule has 0 spiro atoms. The summed E-state index contributed by atoms with van der Waals surface area (Å²) < 4.78 is 5.43. The average molecular weight is 370 g/mol. The van der Waals surface area contributed by atoms with Crippen molar-refractivity contribution in [1.29, 1.82) is 0 Å². The molecule has 0 amide bonds. The van der Waals surface area contributed by atoms with Gasteiger partial charge in [-0.05, 0) is 62.8 Å². The van der Waals surface area contributed by atoms with Crippen LogP contribution in [0.15, 0.2) is 53.1 Å². The van der Waals surface area contributed by atoms with E-state index in [1.165, 1.54) is 18.4 Å². The molecule has 136 valence electrons. The van der Waals surface area contributed by atoms with Crippen molar-refractivity contribution >= 4 is 22.6 Å². The fourth-order valence-electron chi connectivity index (χ4n) is 3.83. The molecule has 0 aliphatic carbocycles. The number of halogens is 1. The van der Waals surface area contributed by atoms with E-state index in [0.29, 0.717) is 6.04 Å². The number of piperidine rings is 1. The van der Waals surface area contributed by atoms with Gasteiger partial charge in [-0.1, -0.05) is 41.0 Å². The number of hydrogen-bond donors (Lipinski definition) is 0. The minimum absolute atomic E-state index is 0.584. The summed E-state index contributed by atoms with van der Waals surface area (Å²) in [6, 6.07) is 16.8. The van der Waals surface area contributed by atoms with E-state index in [-0.39, 0.29) is 0 Å². The van der Waals surface area contributed by atoms with Crippen LogP contribution in [0.2, 0.25) is 5.02 Å². The van der Waals surface area contributed by atoms with Gasteiger partial charge in [0.25, 0.3) is 0 Å². The average Bonchev–Trinajstić information content (AvgIpc) is 3.05. The summed E-state index contributed by atoms with van der Waals surface area (Å²) in [5, 5.41) is 6.21. The minimum atomic E-state index is 0.584. The van der Waals surface area contributed by atoms with Crippen LogP contribution in [0.25, 0.3) is 11.0 Å². The molecule has 0 bridgehead atoms. The topological polar surface area (TPSA) is 32.5 Å². The minimum Gasteiger partial charge on any atom is -0.356 e. The Balaban J connectivity index is 1.32. The van der Waals surface area contributed by atoms with Gasteiger partial charge in [0.1, 0.15) is 5.69 Å². The number of likely N-dealkylation sites (tertiary alicyclic amines) is 1. The lowest BCUT2D eigenvalue weighted by atomic mass is 10.0. The molecule has 5 heteroatoms. The normalized spacial score (nSPS) is 16.6. The van der Waals surface area contributed by atoms with Crippen molar-refractivity contribution in [2.45, 2.75) is 32.0 Å². The first kappa shape index (κ1) is 17.5. The van der Waals surface area contributed by atoms with Gasteiger partial charge in [-0.15, -0.1) is 0 Å². The second-order valence-corrected chi connectivity index (χ2v) is 7.61. The first-order chi connectivity index (χ1) is 12.7. The van der Waals surface area contributed by atoms with Gasteiger partial charge in [-0.3, -0.25) is 9.80 Å². The number of nitrogens with zero attached hydrogens (tertiary/aromatic N) is 3. The number of benzene rings is 2. The van der Waals surface area contributed by atoms with Crippen molar-refractivity contribution in [3.8, 4) is 0 Å². The maximum atomic E-state index is 6.10. The standard InChI is InChI=1S/C21H24ClN3O/c1-24(15-20-19-7-2-3-8-21(19)26-23-20)18-9-11-25(12-10-18)14-16-5-4-6-17(22)13-16/h2-8,13,18H,9-12,14-15H2,1H3. The number of fused-ring (bicyclic) bond motifs is 1. The van der Waals surface area contributed by atoms with Gasteiger partial charge in [0.15, 0.2) is 5.58 Å². The van der Waals surface area contributed by atoms with Gasteiger partial charge in [0.05, 0.1) is 0 Å². The largest absolute Gasteiger partial charge is 0.356 e. The molecular weight excluding hydrogens is 346 g/mol. The van der Waals surface area contributed by atoms with Crippen LogP contribution in [0.3, 0.4) is 0 Å². The summed E-state index contributed by atoms with van der Waals surface area (Å²) in [5.41, 5.74) is 3.19. The van der Waals surface area contributed by atoms with Crippen LogP contribution < -0.4 is 0 Å². The zero-order valence-electron chi connectivity index (χ0n) is 15.1. The Hall–Kier alpha value is -1.88. The monoisotopic (exact) mass is 369 g/mol. The highest BCUT2D eigenvalue weighted by Crippen LogP contribution is 2.23. The van der Waals surface area contributed by atoms with Crippen LogP contribution in [-0.2, 0) is 13.1 Å². The number of para-hydroxylation sites is 1. The Morgan fingerprint density at radius 3 is 2.77 bits per heavy atom. The molecule has 3 aromatic rings. The molecule has 0 unspecified atom stereocenters. The predicted molar refractivity (Wildman–Crippen MR) is 105 cm³/mol. The smallest absolute Gasteiger partial charge is 0.167 e. The third-order valence-electron chi connectivity index (χ3n) is 5.33. The van der Waals surface area contributed by atoms with Gasteiger partial charge in [0.2, 0.25) is 0 Å². The van der Waals surface area contributed by atoms with Crippen LogP contribution in [0.4, 0.5) is 0 Å². The third-order valence-corrected chi connectivity index (χ3v) is 5.56. The summed E-state index contributed by atoms with van der Waals surface area (Å²) in [4.78, 5) is 4.93. The van der Waals surface area contributed by atoms with E-state index < -0.39 is 0 Å². The molecule has 1 saturated heterocycles. The second kappa shape index (κ2) is 7.78. The van der Waals surface area contributed by atoms with Crippen LogP contribution in [0.5, 0.6) is 0 Å². The molecule has 2 aromatic carbocycles. The van der Waals surface area contributed by atoms with Gasteiger partial charge >= 0.3 is 0 Å². The Morgan fingerprint density at radius 2 is 1.96 bits per heavy atom. The lowest BCUT2D eigenvalue weighted by Gasteiger charge is -2.36. The summed E-state index contributed by atoms with van der Waals surface area (Å²) >= 11 is 6.10. The van der Waals surface area contributed by atoms with Gasteiger partial charge in [-0.25, -0.2) is 0 Å². The Kier molecular flexibility index (Phi) is 5.25. The molecule has 1 aliphatic heterocycles. The van der Waals surface area contributed by atoms with Crippen LogP contribution in [0, 0.1) is 0 Å². The molecule has 1 aliphatic rings. The highest BCUT2D eigenvalue weighted by atomic mass is 35.5. The fourth-order valence-corrected chi connectivity index (χ4v) is 4.04. The van der Waals surface area contributed by atoms with E-state index in [4.69, 9.17) is 16.1 Å². The van der Waals surface area contributed by atoms with Crippen molar-refractivity contribution in [1.82, 2.24) is 15.0 Å². The Bertz CT molecular complexity index is 870. The molecule has 4 nitrogen and oxygen atoms in total. The van der Waals surface area contributed by atoms with Crippen LogP contribution in [0.1, 0.15) is 24.1 Å².